The molecule has 10 heteroatoms. The smallest absolute Gasteiger partial charge is 0.462 e. The second kappa shape index (κ2) is 52.1. The van der Waals surface area contributed by atoms with Crippen molar-refractivity contribution < 1.29 is 37.6 Å². The molecule has 65 heavy (non-hydrogen) atoms. The molecule has 0 saturated carbocycles. The van der Waals surface area contributed by atoms with Gasteiger partial charge < -0.3 is 20.1 Å². The number of phosphoric ester groups is 1. The van der Waals surface area contributed by atoms with Crippen LogP contribution in [0.1, 0.15) is 296 Å². The Morgan fingerprint density at radius 1 is 0.446 bits per heavy atom. The van der Waals surface area contributed by atoms with Crippen LogP contribution in [-0.2, 0) is 32.7 Å². The van der Waals surface area contributed by atoms with Crippen molar-refractivity contribution in [3.8, 4) is 0 Å². The number of unbranched alkanes of at least 4 members (excludes halogenated alkanes) is 39. The first-order valence-electron chi connectivity index (χ1n) is 28.2. The van der Waals surface area contributed by atoms with Gasteiger partial charge in [-0.05, 0) is 32.1 Å². The molecular formula is C55H108NO8P. The van der Waals surface area contributed by atoms with Crippen LogP contribution in [0.15, 0.2) is 12.2 Å². The highest BCUT2D eigenvalue weighted by Gasteiger charge is 2.26. The van der Waals surface area contributed by atoms with E-state index in [4.69, 9.17) is 24.3 Å². The minimum absolute atomic E-state index is 0.0549. The summed E-state index contributed by atoms with van der Waals surface area (Å²) < 4.78 is 32.9. The van der Waals surface area contributed by atoms with Gasteiger partial charge in [0.05, 0.1) is 13.2 Å². The van der Waals surface area contributed by atoms with Gasteiger partial charge >= 0.3 is 19.8 Å². The molecule has 0 fully saturated rings. The molecule has 0 bridgehead atoms. The van der Waals surface area contributed by atoms with E-state index in [2.05, 4.69) is 26.0 Å². The molecule has 0 amide bonds. The Morgan fingerprint density at radius 3 is 1.14 bits per heavy atom. The maximum Gasteiger partial charge on any atom is 0.472 e. The maximum atomic E-state index is 12.6. The average Bonchev–Trinajstić information content (AvgIpc) is 3.30. The molecule has 0 aliphatic carbocycles. The summed E-state index contributed by atoms with van der Waals surface area (Å²) in [6, 6.07) is 0. The highest BCUT2D eigenvalue weighted by Crippen LogP contribution is 2.43. The molecule has 0 rings (SSSR count). The van der Waals surface area contributed by atoms with Crippen molar-refractivity contribution in [1.82, 2.24) is 0 Å². The van der Waals surface area contributed by atoms with E-state index < -0.39 is 26.5 Å². The van der Waals surface area contributed by atoms with E-state index in [9.17, 15) is 19.0 Å². The number of rotatable bonds is 54. The third-order valence-electron chi connectivity index (χ3n) is 12.7. The summed E-state index contributed by atoms with van der Waals surface area (Å²) in [7, 11) is -4.38. The quantitative estimate of drug-likeness (QED) is 0.0264. The Labute approximate surface area is 402 Å². The number of hydrogen-bond donors (Lipinski definition) is 2. The molecule has 2 atom stereocenters. The van der Waals surface area contributed by atoms with Gasteiger partial charge in [-0.2, -0.15) is 0 Å². The number of carbonyl (C=O) groups is 2. The number of ether oxygens (including phenoxy) is 2. The normalized spacial score (nSPS) is 13.1. The molecule has 3 N–H and O–H groups in total. The minimum atomic E-state index is -4.38. The lowest BCUT2D eigenvalue weighted by atomic mass is 10.0. The van der Waals surface area contributed by atoms with E-state index in [-0.39, 0.29) is 38.6 Å². The molecule has 9 nitrogen and oxygen atoms in total. The van der Waals surface area contributed by atoms with E-state index in [1.54, 1.807) is 0 Å². The zero-order chi connectivity index (χ0) is 47.4. The highest BCUT2D eigenvalue weighted by atomic mass is 31.2. The average molecular weight is 942 g/mol. The van der Waals surface area contributed by atoms with Crippen molar-refractivity contribution in [2.45, 2.75) is 302 Å². The molecule has 0 aliphatic heterocycles. The minimum Gasteiger partial charge on any atom is -0.462 e. The molecular weight excluding hydrogens is 834 g/mol. The van der Waals surface area contributed by atoms with Crippen LogP contribution in [0.25, 0.3) is 0 Å². The Kier molecular flexibility index (Phi) is 51.1. The van der Waals surface area contributed by atoms with Gasteiger partial charge in [0.1, 0.15) is 6.61 Å². The highest BCUT2D eigenvalue weighted by molar-refractivity contribution is 7.47. The molecule has 0 aromatic rings. The largest absolute Gasteiger partial charge is 0.472 e. The summed E-state index contributed by atoms with van der Waals surface area (Å²) >= 11 is 0. The first-order valence-corrected chi connectivity index (χ1v) is 29.7. The number of hydrogen-bond acceptors (Lipinski definition) is 8. The van der Waals surface area contributed by atoms with Crippen LogP contribution >= 0.6 is 7.82 Å². The summed E-state index contributed by atoms with van der Waals surface area (Å²) in [4.78, 5) is 35.0. The van der Waals surface area contributed by atoms with Crippen molar-refractivity contribution in [3.05, 3.63) is 12.2 Å². The Bertz CT molecular complexity index is 1070. The standard InChI is InChI=1S/C55H108NO8P/c1-3-5-7-9-11-13-15-16-17-18-19-20-21-22-23-24-25-26-27-28-29-30-31-32-33-34-35-36-38-39-41-43-45-47-54(57)61-51-53(52-63-65(59,60)62-50-49-56)64-55(58)48-46-44-42-40-37-14-12-10-8-6-4-2/h10,12,53H,3-9,11,13-52,56H2,1-2H3,(H,59,60)/b12-10-. The molecule has 0 aromatic heterocycles. The van der Waals surface area contributed by atoms with Crippen LogP contribution in [0.5, 0.6) is 0 Å². The third kappa shape index (κ3) is 52.0. The van der Waals surface area contributed by atoms with E-state index in [1.165, 1.54) is 205 Å². The zero-order valence-corrected chi connectivity index (χ0v) is 43.9. The molecule has 0 aromatic carbocycles. The number of carbonyl (C=O) groups excluding carboxylic acids is 2. The zero-order valence-electron chi connectivity index (χ0n) is 43.0. The molecule has 0 aliphatic rings. The van der Waals surface area contributed by atoms with Crippen molar-refractivity contribution in [2.75, 3.05) is 26.4 Å². The second-order valence-electron chi connectivity index (χ2n) is 19.2. The van der Waals surface area contributed by atoms with Crippen molar-refractivity contribution in [2.24, 2.45) is 5.73 Å². The summed E-state index contributed by atoms with van der Waals surface area (Å²) in [5, 5.41) is 0. The van der Waals surface area contributed by atoms with Gasteiger partial charge in [0, 0.05) is 19.4 Å². The van der Waals surface area contributed by atoms with Gasteiger partial charge in [-0.25, -0.2) is 4.57 Å². The van der Waals surface area contributed by atoms with Gasteiger partial charge in [-0.15, -0.1) is 0 Å². The lowest BCUT2D eigenvalue weighted by molar-refractivity contribution is -0.161. The SMILES string of the molecule is CCCC/C=C\CCCCCCCC(=O)OC(COC(=O)CCCCCCCCCCCCCCCCCCCCCCCCCCCCCCCCCCC)COP(=O)(O)OCCN. The predicted molar refractivity (Wildman–Crippen MR) is 275 cm³/mol. The maximum absolute atomic E-state index is 12.6. The summed E-state index contributed by atoms with van der Waals surface area (Å²) in [5.41, 5.74) is 5.36. The molecule has 0 saturated heterocycles. The first-order chi connectivity index (χ1) is 31.8. The summed E-state index contributed by atoms with van der Waals surface area (Å²) in [6.07, 6.45) is 58.8. The third-order valence-corrected chi connectivity index (χ3v) is 13.6. The van der Waals surface area contributed by atoms with E-state index in [0.29, 0.717) is 6.42 Å². The Balaban J connectivity index is 3.74. The van der Waals surface area contributed by atoms with Crippen LogP contribution in [-0.4, -0.2) is 49.3 Å². The van der Waals surface area contributed by atoms with E-state index in [0.717, 1.165) is 57.8 Å². The summed E-state index contributed by atoms with van der Waals surface area (Å²) in [6.45, 7) is 3.73. The number of phosphoric acid groups is 1. The van der Waals surface area contributed by atoms with Gasteiger partial charge in [-0.3, -0.25) is 18.6 Å². The van der Waals surface area contributed by atoms with Crippen molar-refractivity contribution in [1.29, 1.82) is 0 Å². The van der Waals surface area contributed by atoms with Crippen LogP contribution in [0.3, 0.4) is 0 Å². The van der Waals surface area contributed by atoms with Crippen LogP contribution in [0, 0.1) is 0 Å². The first kappa shape index (κ1) is 63.8. The second-order valence-corrected chi connectivity index (χ2v) is 20.6. The van der Waals surface area contributed by atoms with Gasteiger partial charge in [-0.1, -0.05) is 264 Å². The molecule has 0 spiro atoms. The number of allylic oxidation sites excluding steroid dienone is 2. The fourth-order valence-electron chi connectivity index (χ4n) is 8.44. The molecule has 2 unspecified atom stereocenters. The van der Waals surface area contributed by atoms with Crippen LogP contribution < -0.4 is 5.73 Å². The van der Waals surface area contributed by atoms with Crippen LogP contribution in [0.2, 0.25) is 0 Å². The van der Waals surface area contributed by atoms with E-state index in [1.807, 2.05) is 0 Å². The van der Waals surface area contributed by atoms with Crippen molar-refractivity contribution in [3.63, 3.8) is 0 Å². The fraction of sp³-hybridized carbons (Fsp3) is 0.927. The Morgan fingerprint density at radius 2 is 0.769 bits per heavy atom. The van der Waals surface area contributed by atoms with Crippen molar-refractivity contribution >= 4 is 19.8 Å². The number of nitrogens with two attached hydrogens (primary N) is 1. The van der Waals surface area contributed by atoms with Crippen LogP contribution in [0.4, 0.5) is 0 Å². The fourth-order valence-corrected chi connectivity index (χ4v) is 9.21. The molecule has 386 valence electrons. The number of esters is 2. The Hall–Kier alpha value is -1.25. The topological polar surface area (TPSA) is 134 Å². The van der Waals surface area contributed by atoms with Gasteiger partial charge in [0.25, 0.3) is 0 Å². The van der Waals surface area contributed by atoms with Gasteiger partial charge in [0.2, 0.25) is 0 Å². The summed E-state index contributed by atoms with van der Waals surface area (Å²) in [5.74, 6) is -0.825. The lowest BCUT2D eigenvalue weighted by Gasteiger charge is -2.19. The van der Waals surface area contributed by atoms with E-state index >= 15 is 0 Å². The molecule has 0 heterocycles. The van der Waals surface area contributed by atoms with Gasteiger partial charge in [0.15, 0.2) is 6.10 Å². The lowest BCUT2D eigenvalue weighted by Crippen LogP contribution is -2.29. The molecule has 0 radical (unpaired) electrons. The predicted octanol–water partition coefficient (Wildman–Crippen LogP) is 17.3. The monoisotopic (exact) mass is 942 g/mol.